The minimum atomic E-state index is 0.290. The fourth-order valence-corrected chi connectivity index (χ4v) is 4.01. The van der Waals surface area contributed by atoms with Crippen LogP contribution in [0.3, 0.4) is 0 Å². The van der Waals surface area contributed by atoms with Gasteiger partial charge in [0.05, 0.1) is 21.9 Å². The van der Waals surface area contributed by atoms with Gasteiger partial charge >= 0.3 is 0 Å². The number of nitrogens with zero attached hydrogens (tertiary/aromatic N) is 3. The van der Waals surface area contributed by atoms with Crippen LogP contribution >= 0.6 is 34.4 Å². The number of halogens is 1. The van der Waals surface area contributed by atoms with Gasteiger partial charge in [-0.2, -0.15) is 11.8 Å². The van der Waals surface area contributed by atoms with Crippen molar-refractivity contribution in [2.24, 2.45) is 0 Å². The Kier molecular flexibility index (Phi) is 6.97. The van der Waals surface area contributed by atoms with Crippen LogP contribution < -0.4 is 5.32 Å². The van der Waals surface area contributed by atoms with Crippen molar-refractivity contribution in [1.82, 2.24) is 14.9 Å². The minimum absolute atomic E-state index is 0.290. The van der Waals surface area contributed by atoms with Gasteiger partial charge in [-0.1, -0.05) is 6.92 Å². The molecule has 1 aliphatic rings. The van der Waals surface area contributed by atoms with Crippen LogP contribution in [-0.4, -0.2) is 53.6 Å². The maximum absolute atomic E-state index is 5.30. The van der Waals surface area contributed by atoms with E-state index in [0.29, 0.717) is 12.6 Å². The Balaban J connectivity index is 2.32. The van der Waals surface area contributed by atoms with Crippen molar-refractivity contribution in [2.75, 3.05) is 44.1 Å². The highest BCUT2D eigenvalue weighted by molar-refractivity contribution is 14.1. The summed E-state index contributed by atoms with van der Waals surface area (Å²) in [6.07, 6.45) is 1.08. The quantitative estimate of drug-likeness (QED) is 0.712. The highest BCUT2D eigenvalue weighted by atomic mass is 127. The second-order valence-electron chi connectivity index (χ2n) is 5.12. The van der Waals surface area contributed by atoms with Crippen LogP contribution in [0.1, 0.15) is 30.9 Å². The van der Waals surface area contributed by atoms with Crippen molar-refractivity contribution in [3.05, 3.63) is 15.1 Å². The Morgan fingerprint density at radius 3 is 2.95 bits per heavy atom. The second-order valence-corrected chi connectivity index (χ2v) is 7.35. The highest BCUT2D eigenvalue weighted by Crippen LogP contribution is 2.29. The van der Waals surface area contributed by atoms with Gasteiger partial charge in [0, 0.05) is 31.7 Å². The van der Waals surface area contributed by atoms with Crippen LogP contribution in [0.5, 0.6) is 0 Å². The molecule has 7 heteroatoms. The first-order valence-electron chi connectivity index (χ1n) is 7.24. The molecular formula is C14H23IN4OS. The summed E-state index contributed by atoms with van der Waals surface area (Å²) in [6, 6.07) is 0.290. The molecule has 1 fully saturated rings. The number of methoxy groups -OCH3 is 1. The van der Waals surface area contributed by atoms with Gasteiger partial charge in [-0.25, -0.2) is 9.97 Å². The number of nitrogens with one attached hydrogen (secondary N) is 1. The molecule has 0 bridgehead atoms. The third-order valence-corrected chi connectivity index (χ3v) is 5.61. The number of thioether (sulfide) groups is 1. The number of hydrogen-bond acceptors (Lipinski definition) is 6. The third kappa shape index (κ3) is 4.43. The molecule has 2 rings (SSSR count). The molecule has 0 spiro atoms. The van der Waals surface area contributed by atoms with Crippen molar-refractivity contribution in [3.8, 4) is 0 Å². The Morgan fingerprint density at radius 1 is 1.48 bits per heavy atom. The Morgan fingerprint density at radius 2 is 2.29 bits per heavy atom. The number of anilines is 1. The summed E-state index contributed by atoms with van der Waals surface area (Å²) in [5, 5.41) is 3.42. The average molecular weight is 422 g/mol. The summed E-state index contributed by atoms with van der Waals surface area (Å²) < 4.78 is 6.36. The molecule has 5 nitrogen and oxygen atoms in total. The molecule has 21 heavy (non-hydrogen) atoms. The first-order valence-corrected chi connectivity index (χ1v) is 9.47. The molecule has 1 unspecified atom stereocenters. The molecule has 0 saturated carbocycles. The molecule has 0 radical (unpaired) electrons. The van der Waals surface area contributed by atoms with E-state index in [0.717, 1.165) is 46.2 Å². The molecule has 1 aromatic heterocycles. The van der Waals surface area contributed by atoms with E-state index in [1.807, 2.05) is 11.8 Å². The van der Waals surface area contributed by atoms with E-state index in [1.54, 1.807) is 7.11 Å². The van der Waals surface area contributed by atoms with Gasteiger partial charge in [-0.05, 0) is 36.1 Å². The van der Waals surface area contributed by atoms with Gasteiger partial charge < -0.3 is 10.1 Å². The molecule has 0 aromatic carbocycles. The Hall–Kier alpha value is -0.120. The predicted octanol–water partition coefficient (Wildman–Crippen LogP) is 2.77. The first kappa shape index (κ1) is 17.2. The van der Waals surface area contributed by atoms with Gasteiger partial charge in [-0.15, -0.1) is 0 Å². The van der Waals surface area contributed by atoms with E-state index in [1.165, 1.54) is 5.75 Å². The number of aromatic nitrogens is 2. The molecule has 1 N–H and O–H groups in total. The lowest BCUT2D eigenvalue weighted by atomic mass is 10.2. The van der Waals surface area contributed by atoms with Crippen molar-refractivity contribution in [2.45, 2.75) is 26.0 Å². The zero-order valence-electron chi connectivity index (χ0n) is 12.9. The van der Waals surface area contributed by atoms with Gasteiger partial charge in [0.1, 0.15) is 11.6 Å². The minimum Gasteiger partial charge on any atom is -0.378 e. The largest absolute Gasteiger partial charge is 0.378 e. The standard InChI is InChI=1S/C14H23IN4OS/c1-4-5-16-14-12(15)10(8-20-3)17-13(18-14)11-9-21-7-6-19(11)2/h11H,4-9H2,1-3H3,(H,16,17,18). The van der Waals surface area contributed by atoms with Crippen LogP contribution in [0.15, 0.2) is 0 Å². The average Bonchev–Trinajstić information content (AvgIpc) is 2.49. The summed E-state index contributed by atoms with van der Waals surface area (Å²) >= 11 is 4.28. The van der Waals surface area contributed by atoms with Crippen LogP contribution in [0, 0.1) is 3.57 Å². The van der Waals surface area contributed by atoms with Gasteiger partial charge in [0.25, 0.3) is 0 Å². The monoisotopic (exact) mass is 422 g/mol. The molecule has 1 saturated heterocycles. The predicted molar refractivity (Wildman–Crippen MR) is 96.9 cm³/mol. The third-order valence-electron chi connectivity index (χ3n) is 3.45. The number of hydrogen-bond donors (Lipinski definition) is 1. The van der Waals surface area contributed by atoms with E-state index in [9.17, 15) is 0 Å². The molecular weight excluding hydrogens is 399 g/mol. The molecule has 0 amide bonds. The van der Waals surface area contributed by atoms with Gasteiger partial charge in [0.2, 0.25) is 0 Å². The van der Waals surface area contributed by atoms with Crippen molar-refractivity contribution >= 4 is 40.2 Å². The van der Waals surface area contributed by atoms with Crippen LogP contribution in [0.2, 0.25) is 0 Å². The summed E-state index contributed by atoms with van der Waals surface area (Å²) in [5.74, 6) is 4.09. The molecule has 1 aliphatic heterocycles. The normalized spacial score (nSPS) is 19.7. The van der Waals surface area contributed by atoms with Crippen molar-refractivity contribution < 1.29 is 4.74 Å². The highest BCUT2D eigenvalue weighted by Gasteiger charge is 2.25. The first-order chi connectivity index (χ1) is 10.2. The lowest BCUT2D eigenvalue weighted by Crippen LogP contribution is -2.34. The van der Waals surface area contributed by atoms with Crippen LogP contribution in [0.25, 0.3) is 0 Å². The zero-order valence-corrected chi connectivity index (χ0v) is 15.8. The van der Waals surface area contributed by atoms with E-state index in [2.05, 4.69) is 46.8 Å². The summed E-state index contributed by atoms with van der Waals surface area (Å²) in [4.78, 5) is 11.9. The smallest absolute Gasteiger partial charge is 0.149 e. The number of ether oxygens (including phenoxy) is 1. The van der Waals surface area contributed by atoms with E-state index >= 15 is 0 Å². The fraction of sp³-hybridized carbons (Fsp3) is 0.714. The maximum atomic E-state index is 5.30. The molecule has 2 heterocycles. The Bertz CT molecular complexity index is 475. The van der Waals surface area contributed by atoms with Crippen LogP contribution in [-0.2, 0) is 11.3 Å². The topological polar surface area (TPSA) is 50.3 Å². The summed E-state index contributed by atoms with van der Waals surface area (Å²) in [5.41, 5.74) is 0.977. The van der Waals surface area contributed by atoms with Gasteiger partial charge in [-0.3, -0.25) is 4.90 Å². The van der Waals surface area contributed by atoms with Crippen molar-refractivity contribution in [3.63, 3.8) is 0 Å². The fourth-order valence-electron chi connectivity index (χ4n) is 2.21. The van der Waals surface area contributed by atoms with Gasteiger partial charge in [0.15, 0.2) is 0 Å². The number of rotatable bonds is 6. The SMILES string of the molecule is CCCNc1nc(C2CSCCN2C)nc(COC)c1I. The molecule has 118 valence electrons. The molecule has 0 aliphatic carbocycles. The van der Waals surface area contributed by atoms with E-state index < -0.39 is 0 Å². The van der Waals surface area contributed by atoms with Crippen LogP contribution in [0.4, 0.5) is 5.82 Å². The van der Waals surface area contributed by atoms with Crippen molar-refractivity contribution in [1.29, 1.82) is 0 Å². The summed E-state index contributed by atoms with van der Waals surface area (Å²) in [7, 11) is 3.86. The zero-order chi connectivity index (χ0) is 15.2. The Labute approximate surface area is 144 Å². The maximum Gasteiger partial charge on any atom is 0.149 e. The lowest BCUT2D eigenvalue weighted by Gasteiger charge is -2.31. The second kappa shape index (κ2) is 8.50. The lowest BCUT2D eigenvalue weighted by molar-refractivity contribution is 0.179. The summed E-state index contributed by atoms with van der Waals surface area (Å²) in [6.45, 7) is 4.69. The van der Waals surface area contributed by atoms with E-state index in [-0.39, 0.29) is 0 Å². The van der Waals surface area contributed by atoms with E-state index in [4.69, 9.17) is 14.7 Å². The molecule has 1 atom stereocenters. The molecule has 1 aromatic rings.